The zero-order valence-electron chi connectivity index (χ0n) is 9.86. The third kappa shape index (κ3) is 3.95. The largest absolute Gasteiger partial charge is 0.516 e. The molecule has 0 bridgehead atoms. The van der Waals surface area contributed by atoms with Crippen LogP contribution in [0.15, 0.2) is 12.2 Å². The van der Waals surface area contributed by atoms with E-state index in [0.717, 1.165) is 12.8 Å². The van der Waals surface area contributed by atoms with Crippen LogP contribution in [0.2, 0.25) is 0 Å². The molecule has 0 saturated heterocycles. The Bertz CT molecular complexity index is 461. The minimum atomic E-state index is -5.63. The number of halogens is 4. The Morgan fingerprint density at radius 1 is 1.42 bits per heavy atom. The molecule has 110 valence electrons. The number of hydrogen-bond donors (Lipinski definition) is 0. The predicted molar refractivity (Wildman–Crippen MR) is 67.0 cm³/mol. The van der Waals surface area contributed by atoms with Crippen LogP contribution in [-0.4, -0.2) is 36.0 Å². The Hall–Kier alpha value is -0.570. The molecule has 0 N–H and O–H groups in total. The molecule has 1 aliphatic carbocycles. The Balaban J connectivity index is 2.99. The standard InChI is InChI=1S/C10H13BrF3NO3S/c11-6-9(16)15(19(17,18)10(12,13)14)7-8-4-2-1-3-5-8/h2,4,8H,1,3,5-7H2. The molecule has 0 saturated carbocycles. The lowest BCUT2D eigenvalue weighted by Crippen LogP contribution is -2.47. The maximum absolute atomic E-state index is 12.5. The minimum absolute atomic E-state index is 0.0813. The number of alkyl halides is 4. The van der Waals surface area contributed by atoms with Gasteiger partial charge in [-0.05, 0) is 25.2 Å². The molecule has 0 aromatic heterocycles. The third-order valence-corrected chi connectivity index (χ3v) is 4.73. The summed E-state index contributed by atoms with van der Waals surface area (Å²) in [5, 5.41) is -0.473. The van der Waals surface area contributed by atoms with Gasteiger partial charge in [0.2, 0.25) is 5.91 Å². The van der Waals surface area contributed by atoms with Gasteiger partial charge >= 0.3 is 15.5 Å². The molecular formula is C10H13BrF3NO3S. The van der Waals surface area contributed by atoms with E-state index in [0.29, 0.717) is 6.42 Å². The number of amides is 1. The van der Waals surface area contributed by atoms with Gasteiger partial charge < -0.3 is 0 Å². The van der Waals surface area contributed by atoms with Gasteiger partial charge in [0.25, 0.3) is 0 Å². The second kappa shape index (κ2) is 6.25. The highest BCUT2D eigenvalue weighted by Crippen LogP contribution is 2.29. The van der Waals surface area contributed by atoms with Crippen LogP contribution in [0.5, 0.6) is 0 Å². The summed E-state index contributed by atoms with van der Waals surface area (Å²) in [6.07, 6.45) is 5.59. The smallest absolute Gasteiger partial charge is 0.273 e. The summed E-state index contributed by atoms with van der Waals surface area (Å²) in [6, 6.07) is 0. The first-order valence-electron chi connectivity index (χ1n) is 5.54. The van der Waals surface area contributed by atoms with Crippen molar-refractivity contribution in [2.45, 2.75) is 24.8 Å². The lowest BCUT2D eigenvalue weighted by atomic mass is 9.96. The van der Waals surface area contributed by atoms with E-state index in [-0.39, 0.29) is 10.2 Å². The summed E-state index contributed by atoms with van der Waals surface area (Å²) in [4.78, 5) is 11.5. The number of carbonyl (C=O) groups is 1. The SMILES string of the molecule is O=C(CBr)N(CC1C=CCCC1)S(=O)(=O)C(F)(F)F. The van der Waals surface area contributed by atoms with Crippen molar-refractivity contribution < 1.29 is 26.4 Å². The Labute approximate surface area is 117 Å². The van der Waals surface area contributed by atoms with Crippen molar-refractivity contribution >= 4 is 31.9 Å². The molecule has 9 heteroatoms. The summed E-state index contributed by atoms with van der Waals surface area (Å²) in [5.74, 6) is -1.48. The fourth-order valence-corrected chi connectivity index (χ4v) is 3.21. The molecule has 1 rings (SSSR count). The van der Waals surface area contributed by atoms with Crippen LogP contribution in [0.25, 0.3) is 0 Å². The molecule has 19 heavy (non-hydrogen) atoms. The molecule has 0 spiro atoms. The normalized spacial score (nSPS) is 20.3. The van der Waals surface area contributed by atoms with Crippen molar-refractivity contribution in [3.8, 4) is 0 Å². The third-order valence-electron chi connectivity index (χ3n) is 2.73. The van der Waals surface area contributed by atoms with Gasteiger partial charge in [-0.2, -0.15) is 21.6 Å². The van der Waals surface area contributed by atoms with Crippen LogP contribution in [0.1, 0.15) is 19.3 Å². The van der Waals surface area contributed by atoms with Crippen molar-refractivity contribution in [3.63, 3.8) is 0 Å². The van der Waals surface area contributed by atoms with Crippen LogP contribution < -0.4 is 0 Å². The van der Waals surface area contributed by atoms with Gasteiger partial charge in [-0.15, -0.1) is 0 Å². The Morgan fingerprint density at radius 2 is 2.05 bits per heavy atom. The molecule has 1 atom stereocenters. The number of sulfonamides is 1. The Morgan fingerprint density at radius 3 is 2.47 bits per heavy atom. The average molecular weight is 364 g/mol. The van der Waals surface area contributed by atoms with Gasteiger partial charge in [0.15, 0.2) is 0 Å². The van der Waals surface area contributed by atoms with Gasteiger partial charge in [-0.25, -0.2) is 4.31 Å². The average Bonchev–Trinajstić information content (AvgIpc) is 2.34. The van der Waals surface area contributed by atoms with E-state index in [1.807, 2.05) is 0 Å². The van der Waals surface area contributed by atoms with Gasteiger partial charge in [-0.3, -0.25) is 4.79 Å². The van der Waals surface area contributed by atoms with Crippen LogP contribution in [0.4, 0.5) is 13.2 Å². The van der Waals surface area contributed by atoms with E-state index in [2.05, 4.69) is 15.9 Å². The number of carbonyl (C=O) groups excluding carboxylic acids is 1. The summed E-state index contributed by atoms with van der Waals surface area (Å²) < 4.78 is 60.2. The number of hydrogen-bond acceptors (Lipinski definition) is 3. The van der Waals surface area contributed by atoms with Crippen molar-refractivity contribution in [1.29, 1.82) is 0 Å². The number of rotatable bonds is 4. The topological polar surface area (TPSA) is 54.5 Å². The van der Waals surface area contributed by atoms with E-state index < -0.39 is 33.3 Å². The van der Waals surface area contributed by atoms with Crippen molar-refractivity contribution in [2.24, 2.45) is 5.92 Å². The molecule has 0 fully saturated rings. The van der Waals surface area contributed by atoms with Gasteiger partial charge in [0, 0.05) is 6.54 Å². The summed E-state index contributed by atoms with van der Waals surface area (Å²) in [6.45, 7) is -0.469. The van der Waals surface area contributed by atoms with Crippen LogP contribution in [-0.2, 0) is 14.8 Å². The molecule has 0 heterocycles. The molecule has 0 aliphatic heterocycles. The maximum atomic E-state index is 12.5. The minimum Gasteiger partial charge on any atom is -0.273 e. The molecule has 4 nitrogen and oxygen atoms in total. The second-order valence-corrected chi connectivity index (χ2v) is 6.54. The van der Waals surface area contributed by atoms with Crippen LogP contribution in [0.3, 0.4) is 0 Å². The van der Waals surface area contributed by atoms with Crippen LogP contribution in [0, 0.1) is 5.92 Å². The van der Waals surface area contributed by atoms with E-state index in [9.17, 15) is 26.4 Å². The van der Waals surface area contributed by atoms with E-state index in [1.165, 1.54) is 0 Å². The quantitative estimate of drug-likeness (QED) is 0.569. The van der Waals surface area contributed by atoms with Gasteiger partial charge in [-0.1, -0.05) is 28.1 Å². The monoisotopic (exact) mass is 363 g/mol. The molecule has 1 aliphatic rings. The maximum Gasteiger partial charge on any atom is 0.516 e. The fourth-order valence-electron chi connectivity index (χ4n) is 1.77. The highest BCUT2D eigenvalue weighted by atomic mass is 79.9. The Kier molecular flexibility index (Phi) is 5.43. The lowest BCUT2D eigenvalue weighted by Gasteiger charge is -2.27. The zero-order chi connectivity index (χ0) is 14.7. The number of nitrogens with zero attached hydrogens (tertiary/aromatic N) is 1. The number of allylic oxidation sites excluding steroid dienone is 1. The highest BCUT2D eigenvalue weighted by Gasteiger charge is 2.51. The first-order chi connectivity index (χ1) is 8.70. The molecule has 1 amide bonds. The van der Waals surface area contributed by atoms with E-state index in [4.69, 9.17) is 0 Å². The predicted octanol–water partition coefficient (Wildman–Crippen LogP) is 2.42. The summed E-state index contributed by atoms with van der Waals surface area (Å²) >= 11 is 2.70. The molecule has 1 unspecified atom stereocenters. The molecule has 0 radical (unpaired) electrons. The first-order valence-corrected chi connectivity index (χ1v) is 8.10. The van der Waals surface area contributed by atoms with Crippen molar-refractivity contribution in [1.82, 2.24) is 4.31 Å². The summed E-state index contributed by atoms with van der Waals surface area (Å²) in [7, 11) is -5.63. The van der Waals surface area contributed by atoms with Crippen molar-refractivity contribution in [2.75, 3.05) is 11.9 Å². The summed E-state index contributed by atoms with van der Waals surface area (Å²) in [5.41, 5.74) is -5.47. The van der Waals surface area contributed by atoms with E-state index in [1.54, 1.807) is 12.2 Å². The molecule has 0 aromatic rings. The van der Waals surface area contributed by atoms with Crippen LogP contribution >= 0.6 is 15.9 Å². The molecular weight excluding hydrogens is 351 g/mol. The van der Waals surface area contributed by atoms with Crippen molar-refractivity contribution in [3.05, 3.63) is 12.2 Å². The lowest BCUT2D eigenvalue weighted by molar-refractivity contribution is -0.125. The van der Waals surface area contributed by atoms with Gasteiger partial charge in [0.05, 0.1) is 5.33 Å². The van der Waals surface area contributed by atoms with E-state index >= 15 is 0 Å². The molecule has 0 aromatic carbocycles. The first kappa shape index (κ1) is 16.5. The highest BCUT2D eigenvalue weighted by molar-refractivity contribution is 9.09. The second-order valence-electron chi connectivity index (χ2n) is 4.13. The van der Waals surface area contributed by atoms with Gasteiger partial charge in [0.1, 0.15) is 0 Å². The fraction of sp³-hybridized carbons (Fsp3) is 0.700. The zero-order valence-corrected chi connectivity index (χ0v) is 12.3.